The van der Waals surface area contributed by atoms with E-state index in [9.17, 15) is 4.79 Å². The zero-order chi connectivity index (χ0) is 21.4. The summed E-state index contributed by atoms with van der Waals surface area (Å²) >= 11 is 0. The highest BCUT2D eigenvalue weighted by atomic mass is 16.7. The molecule has 30 heavy (non-hydrogen) atoms. The summed E-state index contributed by atoms with van der Waals surface area (Å²) in [6.45, 7) is 5.55. The van der Waals surface area contributed by atoms with Gasteiger partial charge in [-0.1, -0.05) is 13.8 Å². The zero-order valence-electron chi connectivity index (χ0n) is 19.6. The van der Waals surface area contributed by atoms with E-state index in [1.165, 1.54) is 58.5 Å². The third kappa shape index (κ3) is 3.82. The number of hydrogen-bond donors (Lipinski definition) is 0. The number of rotatable bonds is 7. The number of fused-ring (bicyclic) bond motifs is 5. The van der Waals surface area contributed by atoms with Crippen molar-refractivity contribution in [3.8, 4) is 0 Å². The van der Waals surface area contributed by atoms with Crippen LogP contribution >= 0.6 is 0 Å². The predicted molar refractivity (Wildman–Crippen MR) is 118 cm³/mol. The lowest BCUT2D eigenvalue weighted by atomic mass is 9.45. The molecule has 0 aliphatic heterocycles. The lowest BCUT2D eigenvalue weighted by Gasteiger charge is -2.59. The van der Waals surface area contributed by atoms with Crippen LogP contribution in [0.2, 0.25) is 0 Å². The van der Waals surface area contributed by atoms with Gasteiger partial charge in [0.2, 0.25) is 0 Å². The van der Waals surface area contributed by atoms with Gasteiger partial charge in [-0.3, -0.25) is 4.79 Å². The molecule has 1 unspecified atom stereocenters. The molecular weight excluding hydrogens is 376 g/mol. The van der Waals surface area contributed by atoms with E-state index in [4.69, 9.17) is 14.2 Å². The molecule has 4 rings (SSSR count). The van der Waals surface area contributed by atoms with Crippen LogP contribution in [0.1, 0.15) is 84.5 Å². The van der Waals surface area contributed by atoms with E-state index >= 15 is 0 Å². The number of allylic oxidation sites excluding steroid dienone is 2. The number of methoxy groups -OCH3 is 2. The quantitative estimate of drug-likeness (QED) is 0.370. The van der Waals surface area contributed by atoms with Gasteiger partial charge in [0.25, 0.3) is 0 Å². The number of carbonyl (C=O) groups excluding carboxylic acids is 1. The fourth-order valence-electron chi connectivity index (χ4n) is 8.26. The van der Waals surface area contributed by atoms with Crippen LogP contribution < -0.4 is 0 Å². The van der Waals surface area contributed by atoms with Gasteiger partial charge >= 0.3 is 5.97 Å². The van der Waals surface area contributed by atoms with E-state index in [0.29, 0.717) is 30.0 Å². The number of esters is 1. The first-order chi connectivity index (χ1) is 14.4. The molecule has 4 aliphatic carbocycles. The molecule has 0 aromatic rings. The highest BCUT2D eigenvalue weighted by molar-refractivity contribution is 5.68. The van der Waals surface area contributed by atoms with E-state index in [2.05, 4.69) is 19.9 Å². The molecule has 4 aliphatic rings. The van der Waals surface area contributed by atoms with Crippen molar-refractivity contribution in [3.05, 3.63) is 11.8 Å². The normalized spacial score (nSPS) is 42.5. The van der Waals surface area contributed by atoms with Gasteiger partial charge in [-0.2, -0.15) is 0 Å². The molecule has 3 fully saturated rings. The molecule has 0 saturated heterocycles. The van der Waals surface area contributed by atoms with Gasteiger partial charge in [0, 0.05) is 20.0 Å². The highest BCUT2D eigenvalue weighted by Gasteiger charge is 2.59. The summed E-state index contributed by atoms with van der Waals surface area (Å²) in [5.74, 6) is 5.20. The van der Waals surface area contributed by atoms with Crippen molar-refractivity contribution in [2.45, 2.75) is 84.5 Å². The van der Waals surface area contributed by atoms with Crippen molar-refractivity contribution in [2.75, 3.05) is 21.0 Å². The average Bonchev–Trinajstić information content (AvgIpc) is 3.08. The Morgan fingerprint density at radius 3 is 2.60 bits per heavy atom. The minimum Gasteiger partial charge on any atom is -0.472 e. The molecule has 7 atom stereocenters. The van der Waals surface area contributed by atoms with E-state index < -0.39 is 0 Å². The maximum atomic E-state index is 11.5. The largest absolute Gasteiger partial charge is 0.472 e. The van der Waals surface area contributed by atoms with E-state index in [0.717, 1.165) is 42.3 Å². The minimum atomic E-state index is -0.0520. The van der Waals surface area contributed by atoms with E-state index in [-0.39, 0.29) is 5.97 Å². The second kappa shape index (κ2) is 8.84. The van der Waals surface area contributed by atoms with Gasteiger partial charge in [0.05, 0.1) is 12.9 Å². The van der Waals surface area contributed by atoms with Crippen molar-refractivity contribution < 1.29 is 19.0 Å². The number of hydrogen-bond acceptors (Lipinski definition) is 4. The molecule has 3 saturated carbocycles. The van der Waals surface area contributed by atoms with Crippen molar-refractivity contribution in [2.24, 2.45) is 40.4 Å². The first-order valence-corrected chi connectivity index (χ1v) is 12.3. The Labute approximate surface area is 183 Å². The summed E-state index contributed by atoms with van der Waals surface area (Å²) in [5, 5.41) is 0. The second-order valence-electron chi connectivity index (χ2n) is 11.0. The molecule has 0 aromatic heterocycles. The Morgan fingerprint density at radius 1 is 1.03 bits per heavy atom. The molecule has 0 N–H and O–H groups in total. The van der Waals surface area contributed by atoms with Crippen LogP contribution in [0.5, 0.6) is 0 Å². The molecule has 0 radical (unpaired) electrons. The summed E-state index contributed by atoms with van der Waals surface area (Å²) in [7, 11) is 3.20. The molecule has 0 heterocycles. The summed E-state index contributed by atoms with van der Waals surface area (Å²) in [6, 6.07) is 0. The first kappa shape index (κ1) is 22.2. The van der Waals surface area contributed by atoms with Crippen LogP contribution in [-0.2, 0) is 19.0 Å². The lowest BCUT2D eigenvalue weighted by molar-refractivity contribution is -0.140. The number of ether oxygens (including phenoxy) is 3. The van der Waals surface area contributed by atoms with Gasteiger partial charge < -0.3 is 14.2 Å². The van der Waals surface area contributed by atoms with Gasteiger partial charge in [-0.05, 0) is 104 Å². The Kier molecular flexibility index (Phi) is 6.53. The minimum absolute atomic E-state index is 0.0520. The lowest BCUT2D eigenvalue weighted by Crippen LogP contribution is -2.52. The monoisotopic (exact) mass is 418 g/mol. The van der Waals surface area contributed by atoms with Crippen molar-refractivity contribution >= 4 is 5.97 Å². The molecule has 0 aromatic carbocycles. The van der Waals surface area contributed by atoms with Crippen LogP contribution in [0, 0.1) is 40.4 Å². The fourth-order valence-corrected chi connectivity index (χ4v) is 8.26. The van der Waals surface area contributed by atoms with Crippen LogP contribution in [-0.4, -0.2) is 27.0 Å². The standard InChI is InChI=1S/C26H42O4/c1-25-15-13-23-21(22(25)11-9-18(25)6-5-7-24(27)29-4)10-8-19-16-20(30-17-28-3)12-14-26(19,23)2/h16,18-19,21-23H,5-15,17H2,1-4H3/t18-,19?,21-,22-,23-,25+,26-/m0/s1. The highest BCUT2D eigenvalue weighted by Crippen LogP contribution is 2.67. The Balaban J connectivity index is 1.43. The number of carbonyl (C=O) groups is 1. The molecule has 0 bridgehead atoms. The second-order valence-corrected chi connectivity index (χ2v) is 11.0. The van der Waals surface area contributed by atoms with Gasteiger partial charge in [0.15, 0.2) is 6.79 Å². The Hall–Kier alpha value is -1.03. The zero-order valence-corrected chi connectivity index (χ0v) is 19.6. The van der Waals surface area contributed by atoms with E-state index in [1.54, 1.807) is 7.11 Å². The summed E-state index contributed by atoms with van der Waals surface area (Å²) in [6.07, 6.45) is 15.8. The summed E-state index contributed by atoms with van der Waals surface area (Å²) in [5.41, 5.74) is 0.922. The van der Waals surface area contributed by atoms with Crippen LogP contribution in [0.3, 0.4) is 0 Å². The topological polar surface area (TPSA) is 44.8 Å². The van der Waals surface area contributed by atoms with Crippen molar-refractivity contribution in [1.82, 2.24) is 0 Å². The molecule has 0 spiro atoms. The van der Waals surface area contributed by atoms with Gasteiger partial charge in [-0.25, -0.2) is 0 Å². The summed E-state index contributed by atoms with van der Waals surface area (Å²) in [4.78, 5) is 11.5. The first-order valence-electron chi connectivity index (χ1n) is 12.3. The maximum Gasteiger partial charge on any atom is 0.305 e. The van der Waals surface area contributed by atoms with Gasteiger partial charge in [-0.15, -0.1) is 0 Å². The van der Waals surface area contributed by atoms with E-state index in [1.807, 2.05) is 0 Å². The van der Waals surface area contributed by atoms with Crippen LogP contribution in [0.4, 0.5) is 0 Å². The molecule has 4 heteroatoms. The van der Waals surface area contributed by atoms with Crippen molar-refractivity contribution in [3.63, 3.8) is 0 Å². The van der Waals surface area contributed by atoms with Crippen LogP contribution in [0.15, 0.2) is 11.8 Å². The molecule has 4 nitrogen and oxygen atoms in total. The predicted octanol–water partition coefficient (Wildman–Crippen LogP) is 6.10. The van der Waals surface area contributed by atoms with Crippen molar-refractivity contribution in [1.29, 1.82) is 0 Å². The Bertz CT molecular complexity index is 657. The van der Waals surface area contributed by atoms with Crippen LogP contribution in [0.25, 0.3) is 0 Å². The summed E-state index contributed by atoms with van der Waals surface area (Å²) < 4.78 is 15.8. The molecule has 170 valence electrons. The van der Waals surface area contributed by atoms with Gasteiger partial charge in [0.1, 0.15) is 0 Å². The molecular formula is C26H42O4. The Morgan fingerprint density at radius 2 is 1.83 bits per heavy atom. The average molecular weight is 419 g/mol. The smallest absolute Gasteiger partial charge is 0.305 e. The SMILES string of the molecule is COCOC1=CC2CC[C@H]3[C@@H]4CC[C@H](CCCC(=O)OC)[C@@]4(C)CC[C@@H]3[C@@]2(C)CC1. The third-order valence-electron chi connectivity index (χ3n) is 9.96. The third-order valence-corrected chi connectivity index (χ3v) is 9.96. The fraction of sp³-hybridized carbons (Fsp3) is 0.885. The maximum absolute atomic E-state index is 11.5. The molecule has 0 amide bonds.